The molecule has 0 amide bonds. The van der Waals surface area contributed by atoms with Gasteiger partial charge in [-0.25, -0.2) is 0 Å². The van der Waals surface area contributed by atoms with E-state index in [1.54, 1.807) is 0 Å². The zero-order chi connectivity index (χ0) is 7.11. The van der Waals surface area contributed by atoms with E-state index in [-0.39, 0.29) is 0 Å². The van der Waals surface area contributed by atoms with Gasteiger partial charge in [0, 0.05) is 7.11 Å². The Morgan fingerprint density at radius 3 is 2.67 bits per heavy atom. The highest BCUT2D eigenvalue weighted by Gasteiger charge is 1.97. The first kappa shape index (κ1) is 9.27. The molecule has 0 aliphatic carbocycles. The van der Waals surface area contributed by atoms with Gasteiger partial charge < -0.3 is 14.8 Å². The molecule has 0 bridgehead atoms. The average molecular weight is 152 g/mol. The van der Waals surface area contributed by atoms with Crippen LogP contribution in [0.3, 0.4) is 0 Å². The average Bonchev–Trinajstić information content (AvgIpc) is 1.89. The summed E-state index contributed by atoms with van der Waals surface area (Å²) in [7, 11) is 0.376. The van der Waals surface area contributed by atoms with Crippen LogP contribution in [-0.2, 0) is 9.05 Å². The zero-order valence-corrected chi connectivity index (χ0v) is 6.43. The second kappa shape index (κ2) is 6.39. The summed E-state index contributed by atoms with van der Waals surface area (Å²) in [6.07, 6.45) is 0.833. The van der Waals surface area contributed by atoms with E-state index in [1.165, 1.54) is 7.11 Å². The molecule has 0 saturated carbocycles. The van der Waals surface area contributed by atoms with E-state index in [0.717, 1.165) is 6.42 Å². The van der Waals surface area contributed by atoms with Crippen LogP contribution in [0.4, 0.5) is 0 Å². The summed E-state index contributed by atoms with van der Waals surface area (Å²) in [6, 6.07) is 0. The van der Waals surface area contributed by atoms with Crippen LogP contribution in [-0.4, -0.2) is 20.3 Å². The van der Waals surface area contributed by atoms with Crippen molar-refractivity contribution in [1.82, 2.24) is 0 Å². The van der Waals surface area contributed by atoms with Gasteiger partial charge in [-0.1, -0.05) is 0 Å². The molecule has 0 heterocycles. The van der Waals surface area contributed by atoms with E-state index in [9.17, 15) is 0 Å². The van der Waals surface area contributed by atoms with Crippen molar-refractivity contribution in [2.24, 2.45) is 11.2 Å². The fourth-order valence-corrected chi connectivity index (χ4v) is 0.705. The normalized spacial score (nSPS) is 13.7. The monoisotopic (exact) mass is 152 g/mol. The molecule has 0 spiro atoms. The lowest BCUT2D eigenvalue weighted by molar-refractivity contribution is 0.281. The number of rotatable bonds is 5. The predicted octanol–water partition coefficient (Wildman–Crippen LogP) is 0.184. The molecular formula is C4H13N2O2P. The Bertz CT molecular complexity index is 64.5. The van der Waals surface area contributed by atoms with Crippen LogP contribution < -0.4 is 11.2 Å². The highest BCUT2D eigenvalue weighted by molar-refractivity contribution is 7.44. The molecule has 0 rings (SSSR count). The number of hydrogen-bond acceptors (Lipinski definition) is 4. The van der Waals surface area contributed by atoms with Gasteiger partial charge in [-0.15, -0.1) is 0 Å². The van der Waals surface area contributed by atoms with Crippen LogP contribution in [0.1, 0.15) is 6.42 Å². The highest BCUT2D eigenvalue weighted by Crippen LogP contribution is 2.25. The summed E-state index contributed by atoms with van der Waals surface area (Å²) < 4.78 is 9.65. The van der Waals surface area contributed by atoms with Crippen LogP contribution in [0.5, 0.6) is 0 Å². The first-order chi connectivity index (χ1) is 4.31. The zero-order valence-electron chi connectivity index (χ0n) is 5.54. The van der Waals surface area contributed by atoms with Gasteiger partial charge in [0.15, 0.2) is 0 Å². The fraction of sp³-hybridized carbons (Fsp3) is 1.00. The molecule has 0 radical (unpaired) electrons. The summed E-state index contributed by atoms with van der Waals surface area (Å²) in [6.45, 7) is 1.22. The molecule has 0 aromatic carbocycles. The Morgan fingerprint density at radius 1 is 1.56 bits per heavy atom. The molecule has 0 fully saturated rings. The van der Waals surface area contributed by atoms with Crippen molar-refractivity contribution in [3.05, 3.63) is 0 Å². The molecule has 5 heteroatoms. The van der Waals surface area contributed by atoms with Gasteiger partial charge in [0.25, 0.3) is 8.53 Å². The van der Waals surface area contributed by atoms with E-state index in [4.69, 9.17) is 15.8 Å². The SMILES string of the molecule is COP(N)OCCCN. The lowest BCUT2D eigenvalue weighted by atomic mass is 10.5. The van der Waals surface area contributed by atoms with Gasteiger partial charge in [0.05, 0.1) is 6.61 Å². The number of nitrogens with two attached hydrogens (primary N) is 2. The lowest BCUT2D eigenvalue weighted by Crippen LogP contribution is -2.04. The van der Waals surface area contributed by atoms with Gasteiger partial charge >= 0.3 is 0 Å². The maximum absolute atomic E-state index is 5.29. The molecular weight excluding hydrogens is 139 g/mol. The molecule has 0 saturated heterocycles. The molecule has 0 aromatic heterocycles. The molecule has 0 aliphatic heterocycles. The minimum absolute atomic E-state index is 0.590. The molecule has 4 nitrogen and oxygen atoms in total. The molecule has 0 aromatic rings. The molecule has 1 atom stereocenters. The van der Waals surface area contributed by atoms with Crippen molar-refractivity contribution in [2.75, 3.05) is 20.3 Å². The van der Waals surface area contributed by atoms with Crippen molar-refractivity contribution >= 4 is 8.53 Å². The van der Waals surface area contributed by atoms with Crippen molar-refractivity contribution in [3.63, 3.8) is 0 Å². The smallest absolute Gasteiger partial charge is 0.252 e. The third-order valence-electron chi connectivity index (χ3n) is 0.747. The maximum atomic E-state index is 5.29. The fourth-order valence-electron chi connectivity index (χ4n) is 0.291. The summed E-state index contributed by atoms with van der Waals surface area (Å²) in [4.78, 5) is 0. The van der Waals surface area contributed by atoms with E-state index >= 15 is 0 Å². The van der Waals surface area contributed by atoms with Crippen molar-refractivity contribution in [1.29, 1.82) is 0 Å². The number of hydrogen-bond donors (Lipinski definition) is 2. The van der Waals surface area contributed by atoms with Crippen molar-refractivity contribution < 1.29 is 9.05 Å². The van der Waals surface area contributed by atoms with Crippen molar-refractivity contribution in [3.8, 4) is 0 Å². The molecule has 1 unspecified atom stereocenters. The van der Waals surface area contributed by atoms with E-state index in [2.05, 4.69) is 4.52 Å². The molecule has 9 heavy (non-hydrogen) atoms. The maximum Gasteiger partial charge on any atom is 0.252 e. The van der Waals surface area contributed by atoms with Gasteiger partial charge in [0.2, 0.25) is 0 Å². The predicted molar refractivity (Wildman–Crippen MR) is 37.7 cm³/mol. The second-order valence-corrected chi connectivity index (χ2v) is 2.64. The van der Waals surface area contributed by atoms with Crippen LogP contribution in [0.15, 0.2) is 0 Å². The van der Waals surface area contributed by atoms with Crippen LogP contribution in [0, 0.1) is 0 Å². The summed E-state index contributed by atoms with van der Waals surface area (Å²) in [5.74, 6) is 0. The highest BCUT2D eigenvalue weighted by atomic mass is 31.2. The minimum Gasteiger partial charge on any atom is -0.330 e. The first-order valence-electron chi connectivity index (χ1n) is 2.73. The summed E-state index contributed by atoms with van der Waals surface area (Å²) >= 11 is 0. The van der Waals surface area contributed by atoms with Crippen LogP contribution in [0.25, 0.3) is 0 Å². The Kier molecular flexibility index (Phi) is 6.58. The Labute approximate surface area is 56.5 Å². The molecule has 4 N–H and O–H groups in total. The Morgan fingerprint density at radius 2 is 2.22 bits per heavy atom. The third kappa shape index (κ3) is 6.15. The third-order valence-corrected chi connectivity index (χ3v) is 1.54. The topological polar surface area (TPSA) is 70.5 Å². The van der Waals surface area contributed by atoms with E-state index < -0.39 is 8.53 Å². The van der Waals surface area contributed by atoms with Crippen LogP contribution in [0.2, 0.25) is 0 Å². The summed E-state index contributed by atoms with van der Waals surface area (Å²) in [5.41, 5.74) is 10.5. The van der Waals surface area contributed by atoms with Gasteiger partial charge in [-0.05, 0) is 13.0 Å². The Hall–Kier alpha value is 0.270. The minimum atomic E-state index is -1.15. The lowest BCUT2D eigenvalue weighted by Gasteiger charge is -2.06. The largest absolute Gasteiger partial charge is 0.330 e. The van der Waals surface area contributed by atoms with E-state index in [0.29, 0.717) is 13.2 Å². The van der Waals surface area contributed by atoms with Gasteiger partial charge in [-0.3, -0.25) is 5.50 Å². The molecule has 56 valence electrons. The quantitative estimate of drug-likeness (QED) is 0.435. The van der Waals surface area contributed by atoms with Gasteiger partial charge in [0.1, 0.15) is 0 Å². The van der Waals surface area contributed by atoms with Crippen molar-refractivity contribution in [2.45, 2.75) is 6.42 Å². The molecule has 0 aliphatic rings. The van der Waals surface area contributed by atoms with E-state index in [1.807, 2.05) is 0 Å². The first-order valence-corrected chi connectivity index (χ1v) is 3.98. The Balaban J connectivity index is 2.88. The second-order valence-electron chi connectivity index (χ2n) is 1.44. The summed E-state index contributed by atoms with van der Waals surface area (Å²) in [5, 5.41) is 0. The standard InChI is InChI=1S/C4H13N2O2P/c1-7-9(6)8-4-2-3-5/h2-6H2,1H3. The van der Waals surface area contributed by atoms with Crippen LogP contribution >= 0.6 is 8.53 Å². The van der Waals surface area contributed by atoms with Gasteiger partial charge in [-0.2, -0.15) is 0 Å².